The van der Waals surface area contributed by atoms with Crippen LogP contribution in [0.5, 0.6) is 0 Å². The van der Waals surface area contributed by atoms with Crippen molar-refractivity contribution in [1.82, 2.24) is 19.8 Å². The molecule has 3 aromatic carbocycles. The number of piperidine rings is 1. The maximum atomic E-state index is 13.6. The average molecular weight is 469 g/mol. The van der Waals surface area contributed by atoms with Gasteiger partial charge in [-0.3, -0.25) is 14.2 Å². The van der Waals surface area contributed by atoms with E-state index in [1.165, 1.54) is 0 Å². The highest BCUT2D eigenvalue weighted by Gasteiger charge is 2.31. The van der Waals surface area contributed by atoms with Gasteiger partial charge in [0.05, 0.1) is 11.0 Å². The zero-order valence-corrected chi connectivity index (χ0v) is 19.4. The number of rotatable bonds is 6. The van der Waals surface area contributed by atoms with Crippen LogP contribution < -0.4 is 11.0 Å². The van der Waals surface area contributed by atoms with Crippen molar-refractivity contribution in [3.8, 4) is 0 Å². The number of carbonyl (C=O) groups is 2. The van der Waals surface area contributed by atoms with E-state index in [-0.39, 0.29) is 23.5 Å². The number of H-pyrrole nitrogens is 1. The van der Waals surface area contributed by atoms with E-state index in [1.807, 2.05) is 70.1 Å². The van der Waals surface area contributed by atoms with E-state index >= 15 is 0 Å². The van der Waals surface area contributed by atoms with Gasteiger partial charge < -0.3 is 15.2 Å². The first-order valence-corrected chi connectivity index (χ1v) is 12.0. The van der Waals surface area contributed by atoms with E-state index in [0.29, 0.717) is 37.9 Å². The molecule has 35 heavy (non-hydrogen) atoms. The molecule has 178 valence electrons. The van der Waals surface area contributed by atoms with Gasteiger partial charge in [-0.05, 0) is 42.7 Å². The Morgan fingerprint density at radius 3 is 2.23 bits per heavy atom. The summed E-state index contributed by atoms with van der Waals surface area (Å²) in [5.41, 5.74) is 3.10. The highest BCUT2D eigenvalue weighted by Crippen LogP contribution is 2.25. The standard InChI is InChI=1S/C28H28N4O3/c33-26(21-11-5-2-6-12-21)29-24(19-20-9-3-1-4-10-20)27(34)31-17-15-22(16-18-31)32-25-14-8-7-13-23(25)30-28(32)35/h1-14,22,24H,15-19H2,(H,29,33)(H,30,35)/t24-/m1/s1. The van der Waals surface area contributed by atoms with Gasteiger partial charge in [-0.1, -0.05) is 60.7 Å². The minimum atomic E-state index is -0.669. The maximum absolute atomic E-state index is 13.6. The monoisotopic (exact) mass is 468 g/mol. The van der Waals surface area contributed by atoms with Crippen LogP contribution in [-0.2, 0) is 11.2 Å². The van der Waals surface area contributed by atoms with Crippen LogP contribution in [0.1, 0.15) is 34.8 Å². The lowest BCUT2D eigenvalue weighted by Gasteiger charge is -2.35. The predicted molar refractivity (Wildman–Crippen MR) is 135 cm³/mol. The smallest absolute Gasteiger partial charge is 0.326 e. The number of fused-ring (bicyclic) bond motifs is 1. The molecule has 0 unspecified atom stereocenters. The zero-order chi connectivity index (χ0) is 24.2. The maximum Gasteiger partial charge on any atom is 0.326 e. The number of aromatic amines is 1. The van der Waals surface area contributed by atoms with Crippen LogP contribution in [0.25, 0.3) is 11.0 Å². The number of amides is 2. The van der Waals surface area contributed by atoms with E-state index in [0.717, 1.165) is 16.6 Å². The van der Waals surface area contributed by atoms with Crippen molar-refractivity contribution in [2.45, 2.75) is 31.3 Å². The Hall–Kier alpha value is -4.13. The molecule has 1 aliphatic heterocycles. The Morgan fingerprint density at radius 1 is 0.886 bits per heavy atom. The van der Waals surface area contributed by atoms with Crippen molar-refractivity contribution in [3.63, 3.8) is 0 Å². The first-order valence-electron chi connectivity index (χ1n) is 12.0. The summed E-state index contributed by atoms with van der Waals surface area (Å²) in [6.45, 7) is 1.06. The fourth-order valence-corrected chi connectivity index (χ4v) is 4.88. The fraction of sp³-hybridized carbons (Fsp3) is 0.250. The third-order valence-corrected chi connectivity index (χ3v) is 6.69. The Kier molecular flexibility index (Phi) is 6.48. The van der Waals surface area contributed by atoms with E-state index in [9.17, 15) is 14.4 Å². The highest BCUT2D eigenvalue weighted by atomic mass is 16.2. The van der Waals surface area contributed by atoms with Crippen LogP contribution in [0.4, 0.5) is 0 Å². The first kappa shape index (κ1) is 22.7. The number of hydrogen-bond acceptors (Lipinski definition) is 3. The van der Waals surface area contributed by atoms with Crippen molar-refractivity contribution in [1.29, 1.82) is 0 Å². The quantitative estimate of drug-likeness (QED) is 0.454. The summed E-state index contributed by atoms with van der Waals surface area (Å²) in [5.74, 6) is -0.358. The Bertz CT molecular complexity index is 1370. The van der Waals surface area contributed by atoms with Crippen molar-refractivity contribution in [2.75, 3.05) is 13.1 Å². The van der Waals surface area contributed by atoms with Crippen molar-refractivity contribution in [2.24, 2.45) is 0 Å². The second-order valence-corrected chi connectivity index (χ2v) is 8.96. The molecule has 4 aromatic rings. The van der Waals surface area contributed by atoms with Gasteiger partial charge in [0, 0.05) is 31.1 Å². The molecular weight excluding hydrogens is 440 g/mol. The molecular formula is C28H28N4O3. The van der Waals surface area contributed by atoms with Crippen LogP contribution in [0.15, 0.2) is 89.7 Å². The molecule has 1 saturated heterocycles. The molecule has 2 N–H and O–H groups in total. The molecule has 1 aliphatic rings. The van der Waals surface area contributed by atoms with Gasteiger partial charge in [-0.25, -0.2) is 4.79 Å². The SMILES string of the molecule is O=C(N[C@H](Cc1ccccc1)C(=O)N1CCC(n2c(=O)[nH]c3ccccc32)CC1)c1ccccc1. The van der Waals surface area contributed by atoms with Crippen LogP contribution in [0, 0.1) is 0 Å². The Labute approximate surface area is 203 Å². The number of aromatic nitrogens is 2. The highest BCUT2D eigenvalue weighted by molar-refractivity contribution is 5.97. The molecule has 7 nitrogen and oxygen atoms in total. The Morgan fingerprint density at radius 2 is 1.51 bits per heavy atom. The number of likely N-dealkylation sites (tertiary alicyclic amines) is 1. The largest absolute Gasteiger partial charge is 0.341 e. The zero-order valence-electron chi connectivity index (χ0n) is 19.4. The summed E-state index contributed by atoms with van der Waals surface area (Å²) in [7, 11) is 0. The lowest BCUT2D eigenvalue weighted by atomic mass is 10.0. The summed E-state index contributed by atoms with van der Waals surface area (Å²) >= 11 is 0. The third kappa shape index (κ3) is 4.89. The fourth-order valence-electron chi connectivity index (χ4n) is 4.88. The molecule has 1 atom stereocenters. The van der Waals surface area contributed by atoms with Gasteiger partial charge in [-0.2, -0.15) is 0 Å². The number of nitrogens with one attached hydrogen (secondary N) is 2. The van der Waals surface area contributed by atoms with E-state index in [2.05, 4.69) is 10.3 Å². The van der Waals surface area contributed by atoms with E-state index < -0.39 is 6.04 Å². The number of benzene rings is 3. The lowest BCUT2D eigenvalue weighted by Crippen LogP contribution is -2.52. The van der Waals surface area contributed by atoms with Gasteiger partial charge in [0.2, 0.25) is 5.91 Å². The van der Waals surface area contributed by atoms with Crippen LogP contribution in [0.3, 0.4) is 0 Å². The molecule has 7 heteroatoms. The van der Waals surface area contributed by atoms with Gasteiger partial charge in [-0.15, -0.1) is 0 Å². The topological polar surface area (TPSA) is 87.2 Å². The molecule has 2 heterocycles. The molecule has 2 amide bonds. The molecule has 1 aromatic heterocycles. The van der Waals surface area contributed by atoms with Crippen LogP contribution >= 0.6 is 0 Å². The van der Waals surface area contributed by atoms with Gasteiger partial charge in [0.1, 0.15) is 6.04 Å². The number of para-hydroxylation sites is 2. The van der Waals surface area contributed by atoms with Crippen molar-refractivity contribution in [3.05, 3.63) is 107 Å². The summed E-state index contributed by atoms with van der Waals surface area (Å²) in [6, 6.07) is 25.7. The third-order valence-electron chi connectivity index (χ3n) is 6.69. The van der Waals surface area contributed by atoms with Crippen molar-refractivity contribution < 1.29 is 9.59 Å². The number of imidazole rings is 1. The number of nitrogens with zero attached hydrogens (tertiary/aromatic N) is 2. The van der Waals surface area contributed by atoms with E-state index in [1.54, 1.807) is 24.3 Å². The molecule has 0 bridgehead atoms. The minimum absolute atomic E-state index is 0.0224. The number of carbonyl (C=O) groups excluding carboxylic acids is 2. The summed E-state index contributed by atoms with van der Waals surface area (Å²) in [5, 5.41) is 2.96. The van der Waals surface area contributed by atoms with E-state index in [4.69, 9.17) is 0 Å². The normalized spacial score (nSPS) is 15.1. The molecule has 0 saturated carbocycles. The summed E-state index contributed by atoms with van der Waals surface area (Å²) in [4.78, 5) is 43.8. The van der Waals surface area contributed by atoms with Crippen LogP contribution in [0.2, 0.25) is 0 Å². The molecule has 5 rings (SSSR count). The van der Waals surface area contributed by atoms with Crippen LogP contribution in [-0.4, -0.2) is 45.4 Å². The minimum Gasteiger partial charge on any atom is -0.341 e. The first-order chi connectivity index (χ1) is 17.1. The van der Waals surface area contributed by atoms with Gasteiger partial charge in [0.25, 0.3) is 5.91 Å². The lowest BCUT2D eigenvalue weighted by molar-refractivity contribution is -0.134. The molecule has 0 spiro atoms. The number of hydrogen-bond donors (Lipinski definition) is 2. The summed E-state index contributed by atoms with van der Waals surface area (Å²) in [6.07, 6.45) is 1.77. The van der Waals surface area contributed by atoms with Gasteiger partial charge in [0.15, 0.2) is 0 Å². The summed E-state index contributed by atoms with van der Waals surface area (Å²) < 4.78 is 1.82. The second-order valence-electron chi connectivity index (χ2n) is 8.96. The molecule has 0 aliphatic carbocycles. The predicted octanol–water partition coefficient (Wildman–Crippen LogP) is 3.53. The Balaban J connectivity index is 1.31. The molecule has 1 fully saturated rings. The van der Waals surface area contributed by atoms with Crippen molar-refractivity contribution >= 4 is 22.8 Å². The van der Waals surface area contributed by atoms with Gasteiger partial charge >= 0.3 is 5.69 Å². The second kappa shape index (κ2) is 10.0. The molecule has 0 radical (unpaired) electrons. The average Bonchev–Trinajstić information content (AvgIpc) is 3.24.